The highest BCUT2D eigenvalue weighted by Crippen LogP contribution is 2.02. The summed E-state index contributed by atoms with van der Waals surface area (Å²) in [5, 5.41) is 3.06. The van der Waals surface area contributed by atoms with E-state index in [4.69, 9.17) is 0 Å². The topological polar surface area (TPSA) is 24.9 Å². The van der Waals surface area contributed by atoms with Crippen LogP contribution in [0.4, 0.5) is 0 Å². The molecule has 2 heteroatoms. The van der Waals surface area contributed by atoms with Gasteiger partial charge in [0.05, 0.1) is 0 Å². The molecule has 0 amide bonds. The van der Waals surface area contributed by atoms with E-state index < -0.39 is 0 Å². The van der Waals surface area contributed by atoms with E-state index in [1.54, 1.807) is 12.3 Å². The van der Waals surface area contributed by atoms with Crippen LogP contribution in [0.15, 0.2) is 25.0 Å². The molecule has 0 fully saturated rings. The van der Waals surface area contributed by atoms with Crippen LogP contribution >= 0.6 is 0 Å². The second kappa shape index (κ2) is 3.88. The molecule has 11 heavy (non-hydrogen) atoms. The van der Waals surface area contributed by atoms with Gasteiger partial charge >= 0.3 is 0 Å². The van der Waals surface area contributed by atoms with Gasteiger partial charge in [-0.05, 0) is 24.2 Å². The lowest BCUT2D eigenvalue weighted by molar-refractivity contribution is 0.813. The molecule has 1 N–H and O–H groups in total. The zero-order valence-electron chi connectivity index (χ0n) is 6.67. The van der Waals surface area contributed by atoms with Gasteiger partial charge in [-0.2, -0.15) is 0 Å². The van der Waals surface area contributed by atoms with Gasteiger partial charge < -0.3 is 5.32 Å². The van der Waals surface area contributed by atoms with Crippen LogP contribution in [0, 0.1) is 0 Å². The van der Waals surface area contributed by atoms with Gasteiger partial charge in [0, 0.05) is 18.9 Å². The molecule has 0 bridgehead atoms. The normalized spacial score (nSPS) is 9.55. The first-order valence-corrected chi connectivity index (χ1v) is 3.58. The molecule has 0 spiro atoms. The van der Waals surface area contributed by atoms with Crippen LogP contribution in [0.25, 0.3) is 6.08 Å². The SMILES string of the molecule is C=Cc1cncc(CNC)c1. The number of hydrogen-bond donors (Lipinski definition) is 1. The molecule has 0 aliphatic rings. The Balaban J connectivity index is 2.82. The molecule has 0 radical (unpaired) electrons. The minimum atomic E-state index is 0.856. The molecule has 1 aromatic rings. The molecule has 1 aromatic heterocycles. The summed E-state index contributed by atoms with van der Waals surface area (Å²) < 4.78 is 0. The number of nitrogens with one attached hydrogen (secondary N) is 1. The zero-order chi connectivity index (χ0) is 8.10. The minimum Gasteiger partial charge on any atom is -0.316 e. The van der Waals surface area contributed by atoms with Crippen molar-refractivity contribution < 1.29 is 0 Å². The maximum Gasteiger partial charge on any atom is 0.0340 e. The van der Waals surface area contributed by atoms with E-state index in [0.29, 0.717) is 0 Å². The van der Waals surface area contributed by atoms with Gasteiger partial charge in [0.15, 0.2) is 0 Å². The van der Waals surface area contributed by atoms with Gasteiger partial charge in [0.2, 0.25) is 0 Å². The molecular formula is C9H12N2. The van der Waals surface area contributed by atoms with Crippen LogP contribution in [0.5, 0.6) is 0 Å². The van der Waals surface area contributed by atoms with Gasteiger partial charge in [0.25, 0.3) is 0 Å². The Labute approximate surface area is 67.0 Å². The van der Waals surface area contributed by atoms with Crippen LogP contribution < -0.4 is 5.32 Å². The number of aromatic nitrogens is 1. The van der Waals surface area contributed by atoms with Crippen molar-refractivity contribution in [2.45, 2.75) is 6.54 Å². The van der Waals surface area contributed by atoms with Crippen molar-refractivity contribution >= 4 is 6.08 Å². The van der Waals surface area contributed by atoms with Gasteiger partial charge in [-0.25, -0.2) is 0 Å². The largest absolute Gasteiger partial charge is 0.316 e. The first-order chi connectivity index (χ1) is 5.36. The van der Waals surface area contributed by atoms with Crippen LogP contribution in [0.3, 0.4) is 0 Å². The average Bonchev–Trinajstić information content (AvgIpc) is 2.06. The summed E-state index contributed by atoms with van der Waals surface area (Å²) >= 11 is 0. The summed E-state index contributed by atoms with van der Waals surface area (Å²) in [4.78, 5) is 4.06. The van der Waals surface area contributed by atoms with Gasteiger partial charge in [-0.15, -0.1) is 0 Å². The number of rotatable bonds is 3. The molecule has 0 atom stereocenters. The van der Waals surface area contributed by atoms with E-state index in [1.165, 1.54) is 5.56 Å². The van der Waals surface area contributed by atoms with Crippen molar-refractivity contribution in [2.75, 3.05) is 7.05 Å². The van der Waals surface area contributed by atoms with Gasteiger partial charge in [0.1, 0.15) is 0 Å². The smallest absolute Gasteiger partial charge is 0.0340 e. The molecule has 0 aliphatic carbocycles. The predicted molar refractivity (Wildman–Crippen MR) is 47.1 cm³/mol. The van der Waals surface area contributed by atoms with E-state index in [-0.39, 0.29) is 0 Å². The summed E-state index contributed by atoms with van der Waals surface area (Å²) in [6, 6.07) is 2.07. The quantitative estimate of drug-likeness (QED) is 0.701. The summed E-state index contributed by atoms with van der Waals surface area (Å²) in [5.74, 6) is 0. The molecular weight excluding hydrogens is 136 g/mol. The van der Waals surface area contributed by atoms with Crippen molar-refractivity contribution in [3.63, 3.8) is 0 Å². The Hall–Kier alpha value is -1.15. The molecule has 2 nitrogen and oxygen atoms in total. The average molecular weight is 148 g/mol. The highest BCUT2D eigenvalue weighted by Gasteiger charge is 1.90. The predicted octanol–water partition coefficient (Wildman–Crippen LogP) is 1.44. The first kappa shape index (κ1) is 7.95. The Morgan fingerprint density at radius 3 is 3.09 bits per heavy atom. The van der Waals surface area contributed by atoms with Crippen molar-refractivity contribution in [3.8, 4) is 0 Å². The fourth-order valence-electron chi connectivity index (χ4n) is 0.920. The Morgan fingerprint density at radius 1 is 1.64 bits per heavy atom. The number of pyridine rings is 1. The van der Waals surface area contributed by atoms with Crippen molar-refractivity contribution in [1.29, 1.82) is 0 Å². The molecule has 1 rings (SSSR count). The van der Waals surface area contributed by atoms with E-state index in [0.717, 1.165) is 12.1 Å². The summed E-state index contributed by atoms with van der Waals surface area (Å²) in [6.07, 6.45) is 5.45. The lowest BCUT2D eigenvalue weighted by atomic mass is 10.2. The highest BCUT2D eigenvalue weighted by atomic mass is 14.8. The van der Waals surface area contributed by atoms with E-state index in [1.807, 2.05) is 13.2 Å². The molecule has 0 unspecified atom stereocenters. The zero-order valence-corrected chi connectivity index (χ0v) is 6.67. The minimum absolute atomic E-state index is 0.856. The Bertz CT molecular complexity index is 243. The first-order valence-electron chi connectivity index (χ1n) is 3.58. The third-order valence-electron chi connectivity index (χ3n) is 1.43. The van der Waals surface area contributed by atoms with Crippen molar-refractivity contribution in [2.24, 2.45) is 0 Å². The molecule has 1 heterocycles. The van der Waals surface area contributed by atoms with Crippen LogP contribution in [-0.2, 0) is 6.54 Å². The third kappa shape index (κ3) is 2.16. The fourth-order valence-corrected chi connectivity index (χ4v) is 0.920. The lowest BCUT2D eigenvalue weighted by Crippen LogP contribution is -2.05. The van der Waals surface area contributed by atoms with Crippen molar-refractivity contribution in [3.05, 3.63) is 36.2 Å². The molecule has 0 aliphatic heterocycles. The molecule has 58 valence electrons. The highest BCUT2D eigenvalue weighted by molar-refractivity contribution is 5.45. The van der Waals surface area contributed by atoms with Gasteiger partial charge in [-0.3, -0.25) is 4.98 Å². The monoisotopic (exact) mass is 148 g/mol. The van der Waals surface area contributed by atoms with Gasteiger partial charge in [-0.1, -0.05) is 12.7 Å². The summed E-state index contributed by atoms with van der Waals surface area (Å²) in [7, 11) is 1.92. The Morgan fingerprint density at radius 2 is 2.45 bits per heavy atom. The van der Waals surface area contributed by atoms with Crippen LogP contribution in [-0.4, -0.2) is 12.0 Å². The Kier molecular flexibility index (Phi) is 2.81. The van der Waals surface area contributed by atoms with Crippen molar-refractivity contribution in [1.82, 2.24) is 10.3 Å². The fraction of sp³-hybridized carbons (Fsp3) is 0.222. The molecule has 0 saturated heterocycles. The molecule has 0 aromatic carbocycles. The number of hydrogen-bond acceptors (Lipinski definition) is 2. The summed E-state index contributed by atoms with van der Waals surface area (Å²) in [5.41, 5.74) is 2.25. The second-order valence-corrected chi connectivity index (χ2v) is 2.36. The lowest BCUT2D eigenvalue weighted by Gasteiger charge is -1.99. The number of nitrogens with zero attached hydrogens (tertiary/aromatic N) is 1. The van der Waals surface area contributed by atoms with E-state index >= 15 is 0 Å². The second-order valence-electron chi connectivity index (χ2n) is 2.36. The van der Waals surface area contributed by atoms with Crippen LogP contribution in [0.1, 0.15) is 11.1 Å². The van der Waals surface area contributed by atoms with Crippen LogP contribution in [0.2, 0.25) is 0 Å². The van der Waals surface area contributed by atoms with E-state index in [9.17, 15) is 0 Å². The van der Waals surface area contributed by atoms with E-state index in [2.05, 4.69) is 22.9 Å². The standard InChI is InChI=1S/C9H12N2/c1-3-8-4-9(5-10-2)7-11-6-8/h3-4,6-7,10H,1,5H2,2H3. The molecule has 0 saturated carbocycles. The maximum atomic E-state index is 4.06. The summed E-state index contributed by atoms with van der Waals surface area (Å²) in [6.45, 7) is 4.53. The maximum absolute atomic E-state index is 4.06. The third-order valence-corrected chi connectivity index (χ3v) is 1.43.